The lowest BCUT2D eigenvalue weighted by Gasteiger charge is -2.44. The maximum Gasteiger partial charge on any atom is 0.471 e. The van der Waals surface area contributed by atoms with Crippen LogP contribution in [0.25, 0.3) is 0 Å². The summed E-state index contributed by atoms with van der Waals surface area (Å²) < 4.78 is 63.6. The topological polar surface area (TPSA) is 178 Å². The Bertz CT molecular complexity index is 1910. The van der Waals surface area contributed by atoms with Crippen molar-refractivity contribution in [3.8, 4) is 17.2 Å². The van der Waals surface area contributed by atoms with Crippen molar-refractivity contribution in [1.29, 1.82) is 0 Å². The molecule has 0 unspecified atom stereocenters. The SMILES string of the molecule is COc1cccc2c1C(=O)c1c(O)c3c(c(O)c1C2=O)C[C@@](O)(C(C)=O)C[C@@H]3O[C@H]1C[C@H](NC(=O)C(F)(F)F)[C@H](OCc2ccccc2)[C@H](C)O1. The molecule has 270 valence electrons. The Hall–Kier alpha value is -4.83. The smallest absolute Gasteiger partial charge is 0.471 e. The number of hydrogen-bond donors (Lipinski definition) is 4. The summed E-state index contributed by atoms with van der Waals surface area (Å²) in [4.78, 5) is 52.5. The first-order valence-electron chi connectivity index (χ1n) is 16.0. The number of Topliss-reactive ketones (excluding diaryl/α,β-unsaturated/α-hetero) is 1. The second-order valence-electron chi connectivity index (χ2n) is 12.8. The monoisotopic (exact) mass is 713 g/mol. The maximum absolute atomic E-state index is 13.9. The average Bonchev–Trinajstić information content (AvgIpc) is 3.07. The van der Waals surface area contributed by atoms with E-state index in [9.17, 15) is 47.7 Å². The van der Waals surface area contributed by atoms with Crippen LogP contribution in [0.4, 0.5) is 13.2 Å². The number of hydrogen-bond acceptors (Lipinski definition) is 11. The molecule has 0 radical (unpaired) electrons. The fourth-order valence-corrected chi connectivity index (χ4v) is 7.02. The molecule has 12 nitrogen and oxygen atoms in total. The molecule has 0 saturated carbocycles. The number of nitrogens with one attached hydrogen (secondary N) is 1. The minimum atomic E-state index is -5.23. The molecule has 4 N–H and O–H groups in total. The number of fused-ring (bicyclic) bond motifs is 3. The van der Waals surface area contributed by atoms with Gasteiger partial charge in [-0.1, -0.05) is 42.5 Å². The first kappa shape index (κ1) is 36.0. The molecule has 51 heavy (non-hydrogen) atoms. The first-order chi connectivity index (χ1) is 24.1. The zero-order valence-corrected chi connectivity index (χ0v) is 27.6. The summed E-state index contributed by atoms with van der Waals surface area (Å²) in [5.41, 5.74) is -3.34. The Morgan fingerprint density at radius 1 is 1.00 bits per heavy atom. The quantitative estimate of drug-likeness (QED) is 0.194. The Morgan fingerprint density at radius 3 is 2.33 bits per heavy atom. The van der Waals surface area contributed by atoms with Crippen molar-refractivity contribution >= 4 is 23.3 Å². The second kappa shape index (κ2) is 13.4. The van der Waals surface area contributed by atoms with E-state index >= 15 is 0 Å². The number of phenols is 2. The summed E-state index contributed by atoms with van der Waals surface area (Å²) in [7, 11) is 1.28. The fourth-order valence-electron chi connectivity index (χ4n) is 7.02. The van der Waals surface area contributed by atoms with Gasteiger partial charge in [-0.3, -0.25) is 19.2 Å². The maximum atomic E-state index is 13.9. The number of methoxy groups -OCH3 is 1. The van der Waals surface area contributed by atoms with E-state index in [1.807, 2.05) is 5.32 Å². The number of halogens is 3. The summed E-state index contributed by atoms with van der Waals surface area (Å²) >= 11 is 0. The number of carbonyl (C=O) groups is 4. The van der Waals surface area contributed by atoms with Crippen molar-refractivity contribution in [2.45, 2.75) is 82.1 Å². The molecule has 3 aromatic rings. The van der Waals surface area contributed by atoms with Crippen molar-refractivity contribution in [3.05, 3.63) is 87.5 Å². The van der Waals surface area contributed by atoms with E-state index in [0.717, 1.165) is 6.92 Å². The normalized spacial score (nSPS) is 25.7. The number of phenolic OH excluding ortho intramolecular Hbond substituents is 2. The molecule has 6 rings (SSSR count). The molecule has 3 aromatic carbocycles. The third-order valence-corrected chi connectivity index (χ3v) is 9.58. The van der Waals surface area contributed by atoms with Crippen LogP contribution in [0.1, 0.15) is 81.3 Å². The van der Waals surface area contributed by atoms with E-state index in [1.54, 1.807) is 30.3 Å². The molecule has 3 aliphatic rings. The van der Waals surface area contributed by atoms with Gasteiger partial charge in [0.05, 0.1) is 48.7 Å². The lowest BCUT2D eigenvalue weighted by molar-refractivity contribution is -0.258. The van der Waals surface area contributed by atoms with E-state index in [-0.39, 0.29) is 34.6 Å². The Balaban J connectivity index is 1.38. The number of alkyl halides is 3. The fraction of sp³-hybridized carbons (Fsp3) is 0.389. The van der Waals surface area contributed by atoms with E-state index in [1.165, 1.54) is 32.2 Å². The van der Waals surface area contributed by atoms with Crippen molar-refractivity contribution in [2.75, 3.05) is 7.11 Å². The predicted octanol–water partition coefficient (Wildman–Crippen LogP) is 3.97. The second-order valence-corrected chi connectivity index (χ2v) is 12.8. The summed E-state index contributed by atoms with van der Waals surface area (Å²) in [5, 5.41) is 36.7. The highest BCUT2D eigenvalue weighted by Crippen LogP contribution is 2.52. The van der Waals surface area contributed by atoms with Crippen LogP contribution in [0.2, 0.25) is 0 Å². The first-order valence-corrected chi connectivity index (χ1v) is 16.0. The molecule has 1 fully saturated rings. The van der Waals surface area contributed by atoms with Crippen LogP contribution in [0.15, 0.2) is 48.5 Å². The Labute approximate surface area is 289 Å². The zero-order chi connectivity index (χ0) is 37.0. The highest BCUT2D eigenvalue weighted by atomic mass is 19.4. The van der Waals surface area contributed by atoms with Crippen LogP contribution in [0.5, 0.6) is 17.2 Å². The van der Waals surface area contributed by atoms with E-state index in [0.29, 0.717) is 5.56 Å². The number of carbonyl (C=O) groups excluding carboxylic acids is 4. The van der Waals surface area contributed by atoms with Crippen molar-refractivity contribution in [2.24, 2.45) is 0 Å². The molecule has 1 amide bonds. The number of aliphatic hydroxyl groups is 1. The molecule has 0 spiro atoms. The van der Waals surface area contributed by atoms with E-state index in [4.69, 9.17) is 18.9 Å². The average molecular weight is 714 g/mol. The summed E-state index contributed by atoms with van der Waals surface area (Å²) in [6.45, 7) is 2.56. The number of benzene rings is 3. The van der Waals surface area contributed by atoms with Gasteiger partial charge in [-0.25, -0.2) is 0 Å². The molecule has 1 saturated heterocycles. The highest BCUT2D eigenvalue weighted by Gasteiger charge is 2.50. The lowest BCUT2D eigenvalue weighted by atomic mass is 9.72. The summed E-state index contributed by atoms with van der Waals surface area (Å²) in [5.74, 6) is -6.15. The van der Waals surface area contributed by atoms with Crippen molar-refractivity contribution < 1.29 is 66.6 Å². The number of amides is 1. The van der Waals surface area contributed by atoms with Gasteiger partial charge in [0.2, 0.25) is 5.78 Å². The molecule has 1 heterocycles. The molecule has 0 bridgehead atoms. The highest BCUT2D eigenvalue weighted by molar-refractivity contribution is 6.31. The Morgan fingerprint density at radius 2 is 1.69 bits per heavy atom. The van der Waals surface area contributed by atoms with Gasteiger partial charge >= 0.3 is 12.1 Å². The van der Waals surface area contributed by atoms with Crippen LogP contribution in [-0.2, 0) is 36.8 Å². The van der Waals surface area contributed by atoms with Crippen LogP contribution in [0, 0.1) is 0 Å². The number of ketones is 3. The van der Waals surface area contributed by atoms with Gasteiger partial charge in [-0.15, -0.1) is 0 Å². The van der Waals surface area contributed by atoms with Gasteiger partial charge in [0.1, 0.15) is 29.0 Å². The van der Waals surface area contributed by atoms with Crippen LogP contribution in [-0.4, -0.2) is 82.0 Å². The standard InChI is InChI=1S/C36H34F3NO11/c1-16-33(49-15-18-8-5-4-6-9-18)21(40-34(46)36(37,38)39)12-24(50-16)51-23-14-35(47,17(2)41)13-20-26(23)32(45)28-27(30(20)43)29(42)19-10-7-11-22(48-3)25(19)31(28)44/h4-11,16,21,23-24,33,43,45,47H,12-15H2,1-3H3,(H,40,46)/t16-,21-,23-,24-,33+,35-/m0/s1. The predicted molar refractivity (Wildman–Crippen MR) is 169 cm³/mol. The van der Waals surface area contributed by atoms with E-state index in [2.05, 4.69) is 0 Å². The summed E-state index contributed by atoms with van der Waals surface area (Å²) in [6.07, 6.45) is -11.8. The molecule has 15 heteroatoms. The van der Waals surface area contributed by atoms with Crippen LogP contribution < -0.4 is 10.1 Å². The largest absolute Gasteiger partial charge is 0.507 e. The van der Waals surface area contributed by atoms with Gasteiger partial charge in [-0.2, -0.15) is 13.2 Å². The van der Waals surface area contributed by atoms with Gasteiger partial charge < -0.3 is 39.6 Å². The van der Waals surface area contributed by atoms with Crippen molar-refractivity contribution in [1.82, 2.24) is 5.32 Å². The molecular weight excluding hydrogens is 679 g/mol. The number of ether oxygens (including phenoxy) is 4. The molecular formula is C36H34F3NO11. The molecule has 1 aliphatic heterocycles. The van der Waals surface area contributed by atoms with Crippen LogP contribution >= 0.6 is 0 Å². The minimum absolute atomic E-state index is 0.0241. The third kappa shape index (κ3) is 6.46. The molecule has 2 aliphatic carbocycles. The van der Waals surface area contributed by atoms with Gasteiger partial charge in [0.25, 0.3) is 0 Å². The number of rotatable bonds is 8. The Kier molecular flexibility index (Phi) is 9.44. The van der Waals surface area contributed by atoms with Gasteiger partial charge in [0, 0.05) is 36.0 Å². The lowest BCUT2D eigenvalue weighted by Crippen LogP contribution is -2.58. The minimum Gasteiger partial charge on any atom is -0.507 e. The van der Waals surface area contributed by atoms with E-state index < -0.39 is 108 Å². The summed E-state index contributed by atoms with van der Waals surface area (Å²) in [6, 6.07) is 11.7. The molecule has 6 atom stereocenters. The van der Waals surface area contributed by atoms with Gasteiger partial charge in [-0.05, 0) is 25.5 Å². The van der Waals surface area contributed by atoms with Crippen molar-refractivity contribution in [3.63, 3.8) is 0 Å². The molecule has 0 aromatic heterocycles. The third-order valence-electron chi connectivity index (χ3n) is 9.58. The van der Waals surface area contributed by atoms with Crippen LogP contribution in [0.3, 0.4) is 0 Å². The number of aromatic hydroxyl groups is 2. The van der Waals surface area contributed by atoms with Gasteiger partial charge in [0.15, 0.2) is 17.9 Å². The zero-order valence-electron chi connectivity index (χ0n) is 27.6.